The number of para-hydroxylation sites is 1. The van der Waals surface area contributed by atoms with Crippen LogP contribution in [0.2, 0.25) is 5.02 Å². The fourth-order valence-corrected chi connectivity index (χ4v) is 4.19. The van der Waals surface area contributed by atoms with E-state index in [4.69, 9.17) is 26.3 Å². The number of fused-ring (bicyclic) bond motifs is 1. The number of nitrogens with zero attached hydrogens (tertiary/aromatic N) is 6. The van der Waals surface area contributed by atoms with Crippen LogP contribution in [-0.4, -0.2) is 53.0 Å². The number of benzene rings is 2. The maximum absolute atomic E-state index is 6.31. The molecule has 4 aromatic rings. The third kappa shape index (κ3) is 3.89. The molecule has 0 bridgehead atoms. The molecule has 0 amide bonds. The number of aryl methyl sites for hydroxylation is 1. The van der Waals surface area contributed by atoms with Crippen molar-refractivity contribution in [1.29, 1.82) is 0 Å². The van der Waals surface area contributed by atoms with Crippen molar-refractivity contribution < 1.29 is 4.74 Å². The zero-order chi connectivity index (χ0) is 22.1. The number of ether oxygens (including phenoxy) is 1. The normalized spacial score (nSPS) is 14.1. The van der Waals surface area contributed by atoms with Gasteiger partial charge >= 0.3 is 0 Å². The number of aromatic nitrogens is 4. The minimum Gasteiger partial charge on any atom is -0.495 e. The second-order valence-electron chi connectivity index (χ2n) is 7.66. The van der Waals surface area contributed by atoms with Crippen molar-refractivity contribution in [1.82, 2.24) is 19.7 Å². The van der Waals surface area contributed by atoms with Gasteiger partial charge in [0.15, 0.2) is 5.65 Å². The van der Waals surface area contributed by atoms with Crippen LogP contribution in [0.15, 0.2) is 54.7 Å². The molecule has 0 aliphatic carbocycles. The van der Waals surface area contributed by atoms with Gasteiger partial charge in [-0.25, -0.2) is 0 Å². The Balaban J connectivity index is 1.42. The van der Waals surface area contributed by atoms with E-state index in [0.717, 1.165) is 42.9 Å². The molecule has 1 aliphatic heterocycles. The van der Waals surface area contributed by atoms with E-state index in [-0.39, 0.29) is 0 Å². The fourth-order valence-electron chi connectivity index (χ4n) is 3.93. The Labute approximate surface area is 191 Å². The average Bonchev–Trinajstić information content (AvgIpc) is 3.21. The van der Waals surface area contributed by atoms with Crippen LogP contribution in [0.5, 0.6) is 5.75 Å². The highest BCUT2D eigenvalue weighted by atomic mass is 35.5. The fraction of sp³-hybridized carbons (Fsp3) is 0.261. The first kappa shape index (κ1) is 20.4. The summed E-state index contributed by atoms with van der Waals surface area (Å²) in [6.45, 7) is 3.50. The average molecular weight is 450 g/mol. The van der Waals surface area contributed by atoms with Crippen LogP contribution in [0, 0.1) is 0 Å². The van der Waals surface area contributed by atoms with Crippen LogP contribution >= 0.6 is 11.6 Å². The van der Waals surface area contributed by atoms with Gasteiger partial charge in [0.05, 0.1) is 23.7 Å². The summed E-state index contributed by atoms with van der Waals surface area (Å²) >= 11 is 6.31. The van der Waals surface area contributed by atoms with Gasteiger partial charge in [-0.2, -0.15) is 15.1 Å². The summed E-state index contributed by atoms with van der Waals surface area (Å²) in [4.78, 5) is 14.3. The first-order valence-corrected chi connectivity index (χ1v) is 10.9. The lowest BCUT2D eigenvalue weighted by Gasteiger charge is -2.36. The molecule has 3 heterocycles. The zero-order valence-corrected chi connectivity index (χ0v) is 18.8. The molecule has 9 heteroatoms. The Morgan fingerprint density at radius 1 is 0.969 bits per heavy atom. The van der Waals surface area contributed by atoms with E-state index in [1.807, 2.05) is 31.3 Å². The van der Waals surface area contributed by atoms with E-state index in [1.165, 1.54) is 5.69 Å². The molecule has 32 heavy (non-hydrogen) atoms. The largest absolute Gasteiger partial charge is 0.495 e. The Morgan fingerprint density at radius 3 is 2.44 bits per heavy atom. The zero-order valence-electron chi connectivity index (χ0n) is 18.0. The van der Waals surface area contributed by atoms with Gasteiger partial charge in [0.1, 0.15) is 11.6 Å². The van der Waals surface area contributed by atoms with Crippen LogP contribution in [0.4, 0.5) is 23.1 Å². The van der Waals surface area contributed by atoms with Gasteiger partial charge < -0.3 is 19.9 Å². The van der Waals surface area contributed by atoms with Gasteiger partial charge in [-0.1, -0.05) is 29.8 Å². The van der Waals surface area contributed by atoms with E-state index >= 15 is 0 Å². The minimum absolute atomic E-state index is 0.534. The monoisotopic (exact) mass is 449 g/mol. The van der Waals surface area contributed by atoms with Crippen LogP contribution in [-0.2, 0) is 7.05 Å². The molecule has 0 radical (unpaired) electrons. The topological polar surface area (TPSA) is 71.3 Å². The third-order valence-electron chi connectivity index (χ3n) is 5.68. The first-order valence-electron chi connectivity index (χ1n) is 10.5. The van der Waals surface area contributed by atoms with Crippen LogP contribution in [0.25, 0.3) is 11.0 Å². The number of hydrogen-bond acceptors (Lipinski definition) is 7. The number of rotatable bonds is 5. The molecule has 0 unspecified atom stereocenters. The second-order valence-corrected chi connectivity index (χ2v) is 8.07. The molecule has 1 fully saturated rings. The van der Waals surface area contributed by atoms with Crippen molar-refractivity contribution in [3.05, 3.63) is 59.8 Å². The predicted octanol–water partition coefficient (Wildman–Crippen LogP) is 4.10. The van der Waals surface area contributed by atoms with E-state index in [0.29, 0.717) is 22.5 Å². The highest BCUT2D eigenvalue weighted by molar-refractivity contribution is 6.32. The lowest BCUT2D eigenvalue weighted by molar-refractivity contribution is 0.415. The summed E-state index contributed by atoms with van der Waals surface area (Å²) in [6, 6.07) is 16.0. The number of halogens is 1. The van der Waals surface area contributed by atoms with Gasteiger partial charge in [0, 0.05) is 44.6 Å². The van der Waals surface area contributed by atoms with Crippen LogP contribution in [0.3, 0.4) is 0 Å². The highest BCUT2D eigenvalue weighted by Crippen LogP contribution is 2.31. The third-order valence-corrected chi connectivity index (χ3v) is 5.97. The van der Waals surface area contributed by atoms with Crippen molar-refractivity contribution in [3.63, 3.8) is 0 Å². The SMILES string of the molecule is COc1ccc(Nc2nc(N3CCN(c4ccccc4)CC3)nc3c2cnn3C)cc1Cl. The molecule has 0 spiro atoms. The van der Waals surface area contributed by atoms with Crippen LogP contribution < -0.4 is 19.9 Å². The molecular weight excluding hydrogens is 426 g/mol. The number of methoxy groups -OCH3 is 1. The molecule has 164 valence electrons. The van der Waals surface area contributed by atoms with Gasteiger partial charge in [-0.3, -0.25) is 4.68 Å². The first-order chi connectivity index (χ1) is 15.6. The molecule has 1 N–H and O–H groups in total. The Kier molecular flexibility index (Phi) is 5.45. The van der Waals surface area contributed by atoms with E-state index < -0.39 is 0 Å². The standard InChI is InChI=1S/C23H24ClN7O/c1-29-22-18(15-25-29)21(26-16-8-9-20(32-2)19(24)14-16)27-23(28-22)31-12-10-30(11-13-31)17-6-4-3-5-7-17/h3-9,14-15H,10-13H2,1-2H3,(H,26,27,28). The summed E-state index contributed by atoms with van der Waals surface area (Å²) in [5.41, 5.74) is 2.84. The number of nitrogens with one attached hydrogen (secondary N) is 1. The summed E-state index contributed by atoms with van der Waals surface area (Å²) in [7, 11) is 3.49. The van der Waals surface area contributed by atoms with E-state index in [9.17, 15) is 0 Å². The lowest BCUT2D eigenvalue weighted by atomic mass is 10.2. The number of anilines is 4. The van der Waals surface area contributed by atoms with Crippen molar-refractivity contribution in [3.8, 4) is 5.75 Å². The highest BCUT2D eigenvalue weighted by Gasteiger charge is 2.22. The smallest absolute Gasteiger partial charge is 0.229 e. The Bertz CT molecular complexity index is 1240. The number of piperazine rings is 1. The molecule has 5 rings (SSSR count). The summed E-state index contributed by atoms with van der Waals surface area (Å²) < 4.78 is 7.02. The number of hydrogen-bond donors (Lipinski definition) is 1. The lowest BCUT2D eigenvalue weighted by Crippen LogP contribution is -2.47. The molecule has 2 aromatic carbocycles. The summed E-state index contributed by atoms with van der Waals surface area (Å²) in [5, 5.41) is 9.15. The summed E-state index contributed by atoms with van der Waals surface area (Å²) in [5.74, 6) is 2.02. The molecule has 1 saturated heterocycles. The molecule has 0 atom stereocenters. The van der Waals surface area contributed by atoms with Gasteiger partial charge in [-0.05, 0) is 30.3 Å². The van der Waals surface area contributed by atoms with Gasteiger partial charge in [-0.15, -0.1) is 0 Å². The Hall–Kier alpha value is -3.52. The molecular formula is C23H24ClN7O. The maximum atomic E-state index is 6.31. The molecule has 0 saturated carbocycles. The molecule has 8 nitrogen and oxygen atoms in total. The summed E-state index contributed by atoms with van der Waals surface area (Å²) in [6.07, 6.45) is 1.78. The predicted molar refractivity (Wildman–Crippen MR) is 128 cm³/mol. The van der Waals surface area contributed by atoms with Crippen molar-refractivity contribution in [2.45, 2.75) is 0 Å². The van der Waals surface area contributed by atoms with Crippen molar-refractivity contribution in [2.24, 2.45) is 7.05 Å². The second kappa shape index (κ2) is 8.55. The molecule has 2 aromatic heterocycles. The van der Waals surface area contributed by atoms with Gasteiger partial charge in [0.25, 0.3) is 0 Å². The van der Waals surface area contributed by atoms with Gasteiger partial charge in [0.2, 0.25) is 5.95 Å². The maximum Gasteiger partial charge on any atom is 0.229 e. The van der Waals surface area contributed by atoms with E-state index in [2.05, 4.69) is 44.5 Å². The molecule has 1 aliphatic rings. The van der Waals surface area contributed by atoms with Crippen molar-refractivity contribution in [2.75, 3.05) is 48.4 Å². The minimum atomic E-state index is 0.534. The Morgan fingerprint density at radius 2 is 1.72 bits per heavy atom. The van der Waals surface area contributed by atoms with Crippen molar-refractivity contribution >= 4 is 45.8 Å². The quantitative estimate of drug-likeness (QED) is 0.492. The van der Waals surface area contributed by atoms with E-state index in [1.54, 1.807) is 18.0 Å². The van der Waals surface area contributed by atoms with Crippen LogP contribution in [0.1, 0.15) is 0 Å².